The molecule has 7 fully saturated rings. The van der Waals surface area contributed by atoms with Crippen LogP contribution in [0.5, 0.6) is 0 Å². The lowest BCUT2D eigenvalue weighted by Gasteiger charge is -2.51. The van der Waals surface area contributed by atoms with Gasteiger partial charge in [0.05, 0.1) is 77.1 Å². The monoisotopic (exact) mass is 1990 g/mol. The first-order valence-corrected chi connectivity index (χ1v) is 49.8. The topological polar surface area (TPSA) is 708 Å². The fourth-order valence-corrected chi connectivity index (χ4v) is 18.4. The van der Waals surface area contributed by atoms with Crippen molar-refractivity contribution < 1.29 is 203 Å². The van der Waals surface area contributed by atoms with Gasteiger partial charge >= 0.3 is 5.97 Å². The number of aliphatic hydroxyl groups is 21. The maximum absolute atomic E-state index is 13.7. The molecule has 7 heterocycles. The van der Waals surface area contributed by atoms with Crippen LogP contribution in [0.15, 0.2) is 24.3 Å². The average molecular weight is 1990 g/mol. The normalized spacial score (nSPS) is 36.3. The van der Waals surface area contributed by atoms with Crippen LogP contribution < -0.4 is 21.3 Å². The fourth-order valence-electron chi connectivity index (χ4n) is 18.4. The standard InChI is InChI=1S/C93H164N4O41/c1-6-8-10-12-14-16-18-20-21-22-23-24-25-26-27-29-31-33-35-37-39-41-64(111)97-54(55(108)40-38-36-34-32-30-28-19-17-15-13-11-9-7-2)50-125-88-75(119)74(118)80(63(49-104)131-88)133-90-76(120)83(70(114)59(45-100)128-90)135-86-66(95-52(4)106)73(117)79(62(48-103)130-86)132-89-77(121)84(71(115)60(46-101)127-89)136-87-67(96-53(5)107)81(69(113)58(44-99)126-87)134-91-78(122)85(72(116)61(47-102)129-91)138-93(92(123)124)42-56(109)65(94-51(3)105)82(137-93)68(112)57(110)43-98/h20-21,38,40,54-63,65-91,98-104,108-110,112-122H,6-19,22-37,39,41-50H2,1-5H3,(H,94,105)(H,95,106)(H,96,107)(H,97,111)(H,123,124)/b21-20-,40-38+/t54-,55+,56?,57+,58?,59?,60?,61?,62?,63?,65+,66?,67?,68+,69+,70-,71-,72-,73+,74+,75?,76?,77?,78?,79+,80+,81+,82?,83-,84-,85-,86-,87-,88+,89-,90-,91-,93-/m0/s1. The number of carbonyl (C=O) groups is 5. The molecule has 0 aromatic carbocycles. The highest BCUT2D eigenvalue weighted by molar-refractivity contribution is 5.77. The maximum Gasteiger partial charge on any atom is 0.364 e. The molecule has 45 heteroatoms. The van der Waals surface area contributed by atoms with E-state index in [-0.39, 0.29) is 12.3 Å². The van der Waals surface area contributed by atoms with Crippen molar-refractivity contribution in [2.45, 2.75) is 479 Å². The Morgan fingerprint density at radius 2 is 0.725 bits per heavy atom. The first-order valence-electron chi connectivity index (χ1n) is 49.8. The van der Waals surface area contributed by atoms with E-state index in [1.165, 1.54) is 122 Å². The predicted molar refractivity (Wildman–Crippen MR) is 483 cm³/mol. The second-order valence-corrected chi connectivity index (χ2v) is 37.4. The first kappa shape index (κ1) is 120. The van der Waals surface area contributed by atoms with E-state index in [9.17, 15) is 136 Å². The van der Waals surface area contributed by atoms with Gasteiger partial charge in [0.1, 0.15) is 165 Å². The zero-order valence-corrected chi connectivity index (χ0v) is 80.3. The molecule has 138 heavy (non-hydrogen) atoms. The van der Waals surface area contributed by atoms with Crippen molar-refractivity contribution in [3.8, 4) is 0 Å². The number of allylic oxidation sites excluding steroid dienone is 3. The van der Waals surface area contributed by atoms with E-state index in [2.05, 4.69) is 47.3 Å². The number of carboxylic acids is 1. The Labute approximate surface area is 806 Å². The molecule has 7 aliphatic rings. The van der Waals surface area contributed by atoms with Crippen molar-refractivity contribution in [1.29, 1.82) is 0 Å². The lowest BCUT2D eigenvalue weighted by atomic mass is 9.88. The minimum absolute atomic E-state index is 0.146. The molecule has 0 aromatic heterocycles. The summed E-state index contributed by atoms with van der Waals surface area (Å²) in [5, 5.41) is 258. The van der Waals surface area contributed by atoms with E-state index in [1.54, 1.807) is 6.08 Å². The van der Waals surface area contributed by atoms with E-state index < -0.39 is 315 Å². The zero-order chi connectivity index (χ0) is 101. The summed E-state index contributed by atoms with van der Waals surface area (Å²) in [7, 11) is 0. The Balaban J connectivity index is 1.000. The summed E-state index contributed by atoms with van der Waals surface area (Å²) in [5.74, 6) is -8.54. The highest BCUT2D eigenvalue weighted by atomic mass is 16.8. The molecule has 0 bridgehead atoms. The molecule has 26 N–H and O–H groups in total. The van der Waals surface area contributed by atoms with Crippen molar-refractivity contribution in [3.05, 3.63) is 24.3 Å². The summed E-state index contributed by atoms with van der Waals surface area (Å²) in [6.45, 7) is -1.05. The number of hydrogen-bond acceptors (Lipinski definition) is 40. The van der Waals surface area contributed by atoms with Gasteiger partial charge in [-0.2, -0.15) is 0 Å². The minimum atomic E-state index is -3.28. The van der Waals surface area contributed by atoms with E-state index in [4.69, 9.17) is 66.3 Å². The lowest BCUT2D eigenvalue weighted by Crippen LogP contribution is -2.72. The van der Waals surface area contributed by atoms with Crippen LogP contribution in [0.1, 0.15) is 247 Å². The molecular weight excluding hydrogens is 1830 g/mol. The molecule has 7 saturated heterocycles. The molecule has 0 aromatic rings. The Hall–Kier alpha value is -4.57. The molecule has 45 nitrogen and oxygen atoms in total. The summed E-state index contributed by atoms with van der Waals surface area (Å²) in [5.41, 5.74) is 0. The van der Waals surface area contributed by atoms with Gasteiger partial charge in [0, 0.05) is 33.6 Å². The average Bonchev–Trinajstić information content (AvgIpc) is 0.753. The van der Waals surface area contributed by atoms with E-state index in [0.717, 1.165) is 85.0 Å². The van der Waals surface area contributed by atoms with Crippen LogP contribution in [-0.2, 0) is 90.3 Å². The van der Waals surface area contributed by atoms with Gasteiger partial charge in [0.15, 0.2) is 37.7 Å². The second kappa shape index (κ2) is 63.1. The Kier molecular flexibility index (Phi) is 55.0. The third-order valence-electron chi connectivity index (χ3n) is 26.4. The molecule has 0 radical (unpaired) electrons. The van der Waals surface area contributed by atoms with Crippen LogP contribution in [0, 0.1) is 0 Å². The summed E-state index contributed by atoms with van der Waals surface area (Å²) in [6, 6.07) is -6.75. The number of aliphatic carboxylic acids is 1. The van der Waals surface area contributed by atoms with Gasteiger partial charge < -0.3 is 200 Å². The van der Waals surface area contributed by atoms with E-state index >= 15 is 0 Å². The number of unbranched alkanes of at least 4 members (excludes halogenated alkanes) is 28. The maximum atomic E-state index is 13.7. The van der Waals surface area contributed by atoms with Gasteiger partial charge in [-0.3, -0.25) is 19.2 Å². The van der Waals surface area contributed by atoms with Crippen molar-refractivity contribution in [1.82, 2.24) is 21.3 Å². The molecule has 802 valence electrons. The Morgan fingerprint density at radius 3 is 1.15 bits per heavy atom. The molecular formula is C93H164N4O41. The SMILES string of the molecule is CCCCCCCC/C=C\CCCCCCCCCCCCCC(=O)N[C@@H](CO[C@@H]1OC(CO)[C@@H](O[C@@H]2OC(CO)[C@H](O)[C@H](O[C@@H]3OC(CO)[C@@H](O[C@@H]4OC(CO)[C@H](O)[C@H](O[C@@H]5OC(CO)[C@@H](O)[C@H](O[C@@H]6OC(CO)[C@H](O)[C@H](O[C@]7(C(=O)O)CC(O)[C@@H](NC(C)=O)C([C@H](O)[C@H](O)CO)O7)C6O)C5NC(C)=O)C4O)[C@H](O)C3NC(C)=O)C2O)[C@H](O)C1O)[C@H](O)/C=C/CCCCCCCCCCCCC. The van der Waals surface area contributed by atoms with Crippen molar-refractivity contribution >= 4 is 29.6 Å². The van der Waals surface area contributed by atoms with Crippen LogP contribution >= 0.6 is 0 Å². The number of nitrogens with one attached hydrogen (secondary N) is 4. The van der Waals surface area contributed by atoms with E-state index in [1.807, 2.05) is 6.08 Å². The highest BCUT2D eigenvalue weighted by Crippen LogP contribution is 2.42. The number of carboxylic acid groups (broad SMARTS) is 1. The summed E-state index contributed by atoms with van der Waals surface area (Å²) < 4.78 is 83.3. The molecule has 0 saturated carbocycles. The zero-order valence-electron chi connectivity index (χ0n) is 80.3. The van der Waals surface area contributed by atoms with Gasteiger partial charge in [-0.1, -0.05) is 192 Å². The smallest absolute Gasteiger partial charge is 0.364 e. The summed E-state index contributed by atoms with van der Waals surface area (Å²) in [6.07, 6.45) is -26.5. The molecule has 0 aliphatic carbocycles. The van der Waals surface area contributed by atoms with Crippen LogP contribution in [0.2, 0.25) is 0 Å². The fraction of sp³-hybridized carbons (Fsp3) is 0.903. The summed E-state index contributed by atoms with van der Waals surface area (Å²) >= 11 is 0. The minimum Gasteiger partial charge on any atom is -0.477 e. The Bertz CT molecular complexity index is 3470. The van der Waals surface area contributed by atoms with Gasteiger partial charge in [0.2, 0.25) is 23.6 Å². The molecule has 14 unspecified atom stereocenters. The van der Waals surface area contributed by atoms with Crippen molar-refractivity contribution in [2.24, 2.45) is 0 Å². The molecule has 0 spiro atoms. The summed E-state index contributed by atoms with van der Waals surface area (Å²) in [4.78, 5) is 65.5. The van der Waals surface area contributed by atoms with Gasteiger partial charge in [-0.15, -0.1) is 0 Å². The van der Waals surface area contributed by atoms with Gasteiger partial charge in [-0.25, -0.2) is 4.79 Å². The number of amides is 4. The predicted octanol–water partition coefficient (Wildman–Crippen LogP) is -3.13. The molecule has 38 atom stereocenters. The quantitative estimate of drug-likeness (QED) is 0.0211. The number of ether oxygens (including phenoxy) is 14. The second-order valence-electron chi connectivity index (χ2n) is 37.4. The van der Waals surface area contributed by atoms with Crippen LogP contribution in [0.3, 0.4) is 0 Å². The van der Waals surface area contributed by atoms with Crippen LogP contribution in [0.4, 0.5) is 0 Å². The first-order chi connectivity index (χ1) is 66.1. The van der Waals surface area contributed by atoms with Gasteiger partial charge in [-0.05, 0) is 44.9 Å². The van der Waals surface area contributed by atoms with Crippen LogP contribution in [-0.4, -0.2) is 427 Å². The third kappa shape index (κ3) is 35.9. The number of aliphatic hydroxyl groups excluding tert-OH is 21. The number of carbonyl (C=O) groups excluding carboxylic acids is 4. The molecule has 4 amide bonds. The third-order valence-corrected chi connectivity index (χ3v) is 26.4. The molecule has 7 aliphatic heterocycles. The Morgan fingerprint density at radius 1 is 0.377 bits per heavy atom. The highest BCUT2D eigenvalue weighted by Gasteiger charge is 2.63. The van der Waals surface area contributed by atoms with Crippen LogP contribution in [0.25, 0.3) is 0 Å². The number of hydrogen-bond donors (Lipinski definition) is 26. The van der Waals surface area contributed by atoms with Gasteiger partial charge in [0.25, 0.3) is 5.79 Å². The lowest BCUT2D eigenvalue weighted by molar-refractivity contribution is -0.391. The van der Waals surface area contributed by atoms with E-state index in [0.29, 0.717) is 12.8 Å². The molecule has 7 rings (SSSR count). The number of rotatable bonds is 64. The van der Waals surface area contributed by atoms with Crippen molar-refractivity contribution in [3.63, 3.8) is 0 Å². The largest absolute Gasteiger partial charge is 0.477 e. The van der Waals surface area contributed by atoms with Crippen molar-refractivity contribution in [2.75, 3.05) is 52.9 Å².